The van der Waals surface area contributed by atoms with Crippen LogP contribution in [-0.4, -0.2) is 11.2 Å². The first-order chi connectivity index (χ1) is 6.27. The molecule has 0 radical (unpaired) electrons. The lowest BCUT2D eigenvalue weighted by Gasteiger charge is -2.14. The quantitative estimate of drug-likeness (QED) is 0.697. The summed E-state index contributed by atoms with van der Waals surface area (Å²) in [6, 6.07) is 8.51. The molecule has 2 atom stereocenters. The van der Waals surface area contributed by atoms with Crippen LogP contribution in [0.5, 0.6) is 0 Å². The summed E-state index contributed by atoms with van der Waals surface area (Å²) < 4.78 is 0. The third kappa shape index (κ3) is 1.75. The summed E-state index contributed by atoms with van der Waals surface area (Å²) in [4.78, 5) is 0. The standard InChI is InChI=1S/C12H16O/c1-9-4-2-5-10(8-9)11-6-3-7-12(11)13/h2,4-5,8,11-13H,3,6-7H2,1H3/t11-,12-/m0/s1. The molecule has 2 rings (SSSR count). The van der Waals surface area contributed by atoms with Gasteiger partial charge in [-0.25, -0.2) is 0 Å². The highest BCUT2D eigenvalue weighted by Crippen LogP contribution is 2.34. The zero-order chi connectivity index (χ0) is 9.26. The molecule has 1 aliphatic rings. The molecule has 1 N–H and O–H groups in total. The number of hydrogen-bond acceptors (Lipinski definition) is 1. The van der Waals surface area contributed by atoms with Gasteiger partial charge in [0.2, 0.25) is 0 Å². The van der Waals surface area contributed by atoms with Gasteiger partial charge >= 0.3 is 0 Å². The van der Waals surface area contributed by atoms with Gasteiger partial charge in [-0.1, -0.05) is 36.2 Å². The van der Waals surface area contributed by atoms with Crippen LogP contribution in [0.2, 0.25) is 0 Å². The summed E-state index contributed by atoms with van der Waals surface area (Å²) in [5, 5.41) is 9.73. The lowest BCUT2D eigenvalue weighted by molar-refractivity contribution is 0.164. The highest BCUT2D eigenvalue weighted by atomic mass is 16.3. The Morgan fingerprint density at radius 3 is 2.77 bits per heavy atom. The fourth-order valence-electron chi connectivity index (χ4n) is 2.23. The molecule has 1 fully saturated rings. The molecule has 0 aromatic heterocycles. The predicted molar refractivity (Wildman–Crippen MR) is 53.8 cm³/mol. The van der Waals surface area contributed by atoms with Crippen LogP contribution in [0.1, 0.15) is 36.3 Å². The summed E-state index contributed by atoms with van der Waals surface area (Å²) in [5.41, 5.74) is 2.60. The summed E-state index contributed by atoms with van der Waals surface area (Å²) in [6.07, 6.45) is 3.17. The normalized spacial score (nSPS) is 27.8. The van der Waals surface area contributed by atoms with Crippen LogP contribution in [0.15, 0.2) is 24.3 Å². The summed E-state index contributed by atoms with van der Waals surface area (Å²) in [5.74, 6) is 0.389. The van der Waals surface area contributed by atoms with E-state index >= 15 is 0 Å². The van der Waals surface area contributed by atoms with E-state index in [0.29, 0.717) is 5.92 Å². The van der Waals surface area contributed by atoms with Crippen molar-refractivity contribution in [3.8, 4) is 0 Å². The Labute approximate surface area is 79.4 Å². The van der Waals surface area contributed by atoms with Crippen LogP contribution in [-0.2, 0) is 0 Å². The minimum atomic E-state index is -0.109. The second-order valence-electron chi connectivity index (χ2n) is 4.02. The molecule has 0 bridgehead atoms. The van der Waals surface area contributed by atoms with E-state index in [2.05, 4.69) is 31.2 Å². The van der Waals surface area contributed by atoms with Crippen molar-refractivity contribution in [2.75, 3.05) is 0 Å². The van der Waals surface area contributed by atoms with E-state index in [1.165, 1.54) is 17.5 Å². The molecular formula is C12H16O. The molecule has 0 aliphatic heterocycles. The van der Waals surface area contributed by atoms with Crippen molar-refractivity contribution >= 4 is 0 Å². The molecular weight excluding hydrogens is 160 g/mol. The third-order valence-electron chi connectivity index (χ3n) is 2.95. The number of hydrogen-bond donors (Lipinski definition) is 1. The van der Waals surface area contributed by atoms with E-state index in [0.717, 1.165) is 12.8 Å². The van der Waals surface area contributed by atoms with Gasteiger partial charge in [-0.15, -0.1) is 0 Å². The Kier molecular flexibility index (Phi) is 2.36. The van der Waals surface area contributed by atoms with Crippen LogP contribution < -0.4 is 0 Å². The Morgan fingerprint density at radius 2 is 2.15 bits per heavy atom. The first-order valence-electron chi connectivity index (χ1n) is 5.02. The number of benzene rings is 1. The number of aryl methyl sites for hydroxylation is 1. The van der Waals surface area contributed by atoms with E-state index in [4.69, 9.17) is 0 Å². The number of aliphatic hydroxyl groups excluding tert-OH is 1. The van der Waals surface area contributed by atoms with Gasteiger partial charge in [0, 0.05) is 5.92 Å². The van der Waals surface area contributed by atoms with Gasteiger partial charge in [-0.2, -0.15) is 0 Å². The topological polar surface area (TPSA) is 20.2 Å². The van der Waals surface area contributed by atoms with Crippen LogP contribution in [0.25, 0.3) is 0 Å². The van der Waals surface area contributed by atoms with E-state index in [9.17, 15) is 5.11 Å². The predicted octanol–water partition coefficient (Wildman–Crippen LogP) is 2.62. The van der Waals surface area contributed by atoms with Crippen molar-refractivity contribution in [1.29, 1.82) is 0 Å². The van der Waals surface area contributed by atoms with Crippen molar-refractivity contribution in [3.05, 3.63) is 35.4 Å². The fourth-order valence-corrected chi connectivity index (χ4v) is 2.23. The lowest BCUT2D eigenvalue weighted by atomic mass is 9.95. The highest BCUT2D eigenvalue weighted by Gasteiger charge is 2.26. The van der Waals surface area contributed by atoms with Crippen molar-refractivity contribution in [1.82, 2.24) is 0 Å². The van der Waals surface area contributed by atoms with Gasteiger partial charge in [0.25, 0.3) is 0 Å². The average Bonchev–Trinajstić information content (AvgIpc) is 2.51. The number of rotatable bonds is 1. The van der Waals surface area contributed by atoms with Gasteiger partial charge in [-0.3, -0.25) is 0 Å². The summed E-state index contributed by atoms with van der Waals surface area (Å²) >= 11 is 0. The van der Waals surface area contributed by atoms with Gasteiger partial charge in [0.1, 0.15) is 0 Å². The molecule has 0 saturated heterocycles. The molecule has 1 aliphatic carbocycles. The molecule has 0 unspecified atom stereocenters. The Balaban J connectivity index is 2.24. The monoisotopic (exact) mass is 176 g/mol. The molecule has 0 spiro atoms. The molecule has 13 heavy (non-hydrogen) atoms. The van der Waals surface area contributed by atoms with Crippen molar-refractivity contribution in [3.63, 3.8) is 0 Å². The molecule has 70 valence electrons. The molecule has 0 amide bonds. The Hall–Kier alpha value is -0.820. The first kappa shape index (κ1) is 8.76. The summed E-state index contributed by atoms with van der Waals surface area (Å²) in [7, 11) is 0. The van der Waals surface area contributed by atoms with Crippen molar-refractivity contribution < 1.29 is 5.11 Å². The van der Waals surface area contributed by atoms with E-state index < -0.39 is 0 Å². The smallest absolute Gasteiger partial charge is 0.0608 e. The van der Waals surface area contributed by atoms with Crippen LogP contribution in [0.3, 0.4) is 0 Å². The number of aliphatic hydroxyl groups is 1. The Bertz CT molecular complexity index is 293. The maximum atomic E-state index is 9.73. The lowest BCUT2D eigenvalue weighted by Crippen LogP contribution is -2.10. The van der Waals surface area contributed by atoms with E-state index in [1.54, 1.807) is 0 Å². The van der Waals surface area contributed by atoms with Gasteiger partial charge in [0.05, 0.1) is 6.10 Å². The Morgan fingerprint density at radius 1 is 1.31 bits per heavy atom. The van der Waals surface area contributed by atoms with Crippen LogP contribution >= 0.6 is 0 Å². The van der Waals surface area contributed by atoms with Crippen molar-refractivity contribution in [2.24, 2.45) is 0 Å². The molecule has 1 aromatic rings. The maximum absolute atomic E-state index is 9.73. The molecule has 0 heterocycles. The van der Waals surface area contributed by atoms with E-state index in [-0.39, 0.29) is 6.10 Å². The van der Waals surface area contributed by atoms with Gasteiger partial charge < -0.3 is 5.11 Å². The SMILES string of the molecule is Cc1cccc([C@@H]2CCC[C@@H]2O)c1. The maximum Gasteiger partial charge on any atom is 0.0608 e. The minimum absolute atomic E-state index is 0.109. The third-order valence-corrected chi connectivity index (χ3v) is 2.95. The van der Waals surface area contributed by atoms with Gasteiger partial charge in [0.15, 0.2) is 0 Å². The second kappa shape index (κ2) is 3.51. The fraction of sp³-hybridized carbons (Fsp3) is 0.500. The molecule has 1 heteroatoms. The zero-order valence-electron chi connectivity index (χ0n) is 8.03. The second-order valence-corrected chi connectivity index (χ2v) is 4.02. The highest BCUT2D eigenvalue weighted by molar-refractivity contribution is 5.27. The average molecular weight is 176 g/mol. The van der Waals surface area contributed by atoms with Gasteiger partial charge in [-0.05, 0) is 25.3 Å². The summed E-state index contributed by atoms with van der Waals surface area (Å²) in [6.45, 7) is 2.10. The largest absolute Gasteiger partial charge is 0.392 e. The van der Waals surface area contributed by atoms with Crippen LogP contribution in [0, 0.1) is 6.92 Å². The molecule has 1 saturated carbocycles. The van der Waals surface area contributed by atoms with Crippen LogP contribution in [0.4, 0.5) is 0 Å². The molecule has 1 aromatic carbocycles. The zero-order valence-corrected chi connectivity index (χ0v) is 8.03. The molecule has 1 nitrogen and oxygen atoms in total. The van der Waals surface area contributed by atoms with Crippen molar-refractivity contribution in [2.45, 2.75) is 38.2 Å². The minimum Gasteiger partial charge on any atom is -0.392 e. The first-order valence-corrected chi connectivity index (χ1v) is 5.02. The van der Waals surface area contributed by atoms with E-state index in [1.807, 2.05) is 0 Å².